The normalized spacial score (nSPS) is 14.7. The number of aryl methyl sites for hydroxylation is 4. The van der Waals surface area contributed by atoms with Crippen LogP contribution in [0.1, 0.15) is 139 Å². The fourth-order valence-corrected chi connectivity index (χ4v) is 15.1. The Hall–Kier alpha value is -7.90. The van der Waals surface area contributed by atoms with Gasteiger partial charge in [-0.1, -0.05) is 64.1 Å². The molecule has 111 heavy (non-hydrogen) atoms. The molecule has 35 heteroatoms. The fraction of sp³-hybridized carbons (Fsp3) is 0.684. The molecular weight excluding hydrogens is 1490 g/mol. The fourth-order valence-electron chi connectivity index (χ4n) is 12.4. The van der Waals surface area contributed by atoms with Crippen LogP contribution in [0, 0.1) is 41.4 Å². The molecule has 0 saturated carbocycles. The van der Waals surface area contributed by atoms with E-state index in [9.17, 15) is 86.4 Å². The van der Waals surface area contributed by atoms with E-state index in [0.29, 0.717) is 44.3 Å². The summed E-state index contributed by atoms with van der Waals surface area (Å²) in [7, 11) is -3.63. The Balaban J connectivity index is 1.84. The van der Waals surface area contributed by atoms with Crippen LogP contribution in [-0.4, -0.2) is 261 Å². The number of carbonyl (C=O) groups is 12. The number of aliphatic carboxylic acids is 4. The predicted octanol–water partition coefficient (Wildman–Crippen LogP) is 2.83. The van der Waals surface area contributed by atoms with Gasteiger partial charge in [-0.3, -0.25) is 52.7 Å². The minimum atomic E-state index is -3.63. The van der Waals surface area contributed by atoms with E-state index in [1.54, 1.807) is 27.7 Å². The van der Waals surface area contributed by atoms with E-state index in [1.165, 1.54) is 20.8 Å². The van der Waals surface area contributed by atoms with Crippen molar-refractivity contribution >= 4 is 92.8 Å². The van der Waals surface area contributed by atoms with Gasteiger partial charge in [-0.05, 0) is 123 Å². The summed E-state index contributed by atoms with van der Waals surface area (Å²) in [5.74, 6) is -15.2. The van der Waals surface area contributed by atoms with Crippen molar-refractivity contribution in [3.05, 3.63) is 69.8 Å². The molecule has 0 heterocycles. The highest BCUT2D eigenvalue weighted by molar-refractivity contribution is 8.00. The number of fused-ring (bicyclic) bond motifs is 2. The third kappa shape index (κ3) is 42.0. The number of sulfone groups is 1. The molecule has 0 spiro atoms. The van der Waals surface area contributed by atoms with Gasteiger partial charge in [0.15, 0.2) is 15.6 Å². The average Bonchev–Trinajstić information content (AvgIpc) is 0.820. The number of thioether (sulfide) groups is 1. The van der Waals surface area contributed by atoms with Gasteiger partial charge in [-0.2, -0.15) is 11.8 Å². The summed E-state index contributed by atoms with van der Waals surface area (Å²) < 4.78 is 63.6. The molecule has 0 saturated heterocycles. The predicted molar refractivity (Wildman–Crippen MR) is 411 cm³/mol. The van der Waals surface area contributed by atoms with Gasteiger partial charge in [0, 0.05) is 82.4 Å². The lowest BCUT2D eigenvalue weighted by molar-refractivity contribution is -0.144. The smallest absolute Gasteiger partial charge is 0.407 e. The number of amides is 7. The lowest BCUT2D eigenvalue weighted by Crippen LogP contribution is -2.44. The van der Waals surface area contributed by atoms with Crippen LogP contribution in [0.5, 0.6) is 0 Å². The monoisotopic (exact) mass is 1610 g/mol. The SMILES string of the molecule is CC(=O)NCCOCCOCCNC(=O)C(C)CC(CC(CC(CC(CC(C)C(=O)O)c1ccc2c(c1)CCc1ccc(C(CC(C)C(=O)O)CC(C)C(=O)O)cc1CC2)C(=O)O)C(=O)NCCOCCOCCNC(C)=O)C(=O)NCCOCCOCCNC(=O)OCCS(=O)(=O)CCSCC(NC(=O)CN)C(C)=O. The maximum Gasteiger partial charge on any atom is 0.407 e. The van der Waals surface area contributed by atoms with Crippen LogP contribution in [-0.2, 0) is 121 Å². The lowest BCUT2D eigenvalue weighted by atomic mass is 9.76. The highest BCUT2D eigenvalue weighted by atomic mass is 32.2. The third-order valence-corrected chi connectivity index (χ3v) is 21.7. The Kier molecular flexibility index (Phi) is 48.0. The van der Waals surface area contributed by atoms with Crippen LogP contribution >= 0.6 is 11.8 Å². The maximum absolute atomic E-state index is 14.7. The number of carbonyl (C=O) groups excluding carboxylic acids is 8. The Morgan fingerprint density at radius 2 is 0.811 bits per heavy atom. The van der Waals surface area contributed by atoms with Crippen LogP contribution in [0.4, 0.5) is 4.79 Å². The Morgan fingerprint density at radius 1 is 0.432 bits per heavy atom. The first-order chi connectivity index (χ1) is 52.8. The highest BCUT2D eigenvalue weighted by Gasteiger charge is 2.36. The van der Waals surface area contributed by atoms with Crippen LogP contribution in [0.3, 0.4) is 0 Å². The molecule has 2 aromatic rings. The zero-order valence-corrected chi connectivity index (χ0v) is 66.9. The number of carboxylic acid groups (broad SMARTS) is 4. The average molecular weight is 1610 g/mol. The molecule has 626 valence electrons. The van der Waals surface area contributed by atoms with E-state index >= 15 is 0 Å². The zero-order valence-electron chi connectivity index (χ0n) is 65.2. The van der Waals surface area contributed by atoms with Crippen molar-refractivity contribution in [2.45, 2.75) is 137 Å². The number of nitrogens with one attached hydrogen (secondary N) is 7. The number of hydrogen-bond donors (Lipinski definition) is 12. The van der Waals surface area contributed by atoms with Crippen molar-refractivity contribution < 1.29 is 120 Å². The van der Waals surface area contributed by atoms with Crippen molar-refractivity contribution in [1.29, 1.82) is 0 Å². The number of nitrogens with two attached hydrogens (primary N) is 1. The molecule has 13 N–H and O–H groups in total. The van der Waals surface area contributed by atoms with E-state index in [1.807, 2.05) is 30.3 Å². The van der Waals surface area contributed by atoms with Crippen LogP contribution in [0.15, 0.2) is 36.4 Å². The number of ether oxygens (including phenoxy) is 7. The number of ketones is 1. The van der Waals surface area contributed by atoms with Gasteiger partial charge in [-0.15, -0.1) is 0 Å². The topological polar surface area (TPSA) is 495 Å². The van der Waals surface area contributed by atoms with Crippen LogP contribution in [0.25, 0.3) is 0 Å². The molecule has 0 aliphatic heterocycles. The van der Waals surface area contributed by atoms with Crippen LogP contribution in [0.2, 0.25) is 0 Å². The number of carboxylic acids is 4. The molecule has 9 unspecified atom stereocenters. The van der Waals surface area contributed by atoms with Gasteiger partial charge >= 0.3 is 30.0 Å². The molecule has 2 aromatic carbocycles. The molecule has 0 aromatic heterocycles. The van der Waals surface area contributed by atoms with Gasteiger partial charge in [0.25, 0.3) is 0 Å². The summed E-state index contributed by atoms with van der Waals surface area (Å²) in [4.78, 5) is 152. The van der Waals surface area contributed by atoms with Gasteiger partial charge < -0.3 is 96.5 Å². The lowest BCUT2D eigenvalue weighted by Gasteiger charge is -2.29. The van der Waals surface area contributed by atoms with E-state index < -0.39 is 129 Å². The number of rotatable bonds is 61. The molecule has 1 aliphatic carbocycles. The minimum absolute atomic E-state index is 0.000779. The summed E-state index contributed by atoms with van der Waals surface area (Å²) in [6, 6.07) is 11.1. The van der Waals surface area contributed by atoms with Gasteiger partial charge in [0.1, 0.15) is 6.61 Å². The Labute approximate surface area is 655 Å². The molecule has 33 nitrogen and oxygen atoms in total. The second-order valence-electron chi connectivity index (χ2n) is 27.9. The van der Waals surface area contributed by atoms with E-state index in [4.69, 9.17) is 38.9 Å². The van der Waals surface area contributed by atoms with E-state index in [2.05, 4.69) is 43.3 Å². The number of hydrogen-bond acceptors (Lipinski definition) is 23. The van der Waals surface area contributed by atoms with Crippen molar-refractivity contribution in [3.63, 3.8) is 0 Å². The van der Waals surface area contributed by atoms with Gasteiger partial charge in [-0.25, -0.2) is 13.2 Å². The summed E-state index contributed by atoms with van der Waals surface area (Å²) in [6.45, 7) is 11.9. The first-order valence-electron chi connectivity index (χ1n) is 37.9. The number of alkyl carbamates (subject to hydrolysis) is 1. The molecular formula is C76H120N8O25S2. The summed E-state index contributed by atoms with van der Waals surface area (Å²) in [5.41, 5.74) is 11.0. The summed E-state index contributed by atoms with van der Waals surface area (Å²) >= 11 is 1.16. The second kappa shape index (κ2) is 54.7. The number of benzene rings is 2. The van der Waals surface area contributed by atoms with Crippen molar-refractivity contribution in [2.75, 3.05) is 155 Å². The molecule has 0 fully saturated rings. The van der Waals surface area contributed by atoms with Crippen molar-refractivity contribution in [2.24, 2.45) is 47.2 Å². The maximum atomic E-state index is 14.7. The molecule has 0 bridgehead atoms. The quantitative estimate of drug-likeness (QED) is 0.0424. The van der Waals surface area contributed by atoms with Gasteiger partial charge in [0.2, 0.25) is 35.4 Å². The van der Waals surface area contributed by atoms with Crippen LogP contribution < -0.4 is 43.0 Å². The second-order valence-corrected chi connectivity index (χ2v) is 31.3. The minimum Gasteiger partial charge on any atom is -0.481 e. The zero-order chi connectivity index (χ0) is 82.3. The van der Waals surface area contributed by atoms with Crippen molar-refractivity contribution in [1.82, 2.24) is 37.2 Å². The molecule has 3 rings (SSSR count). The molecule has 0 radical (unpaired) electrons. The Morgan fingerprint density at radius 3 is 1.21 bits per heavy atom. The molecule has 1 aliphatic rings. The summed E-state index contributed by atoms with van der Waals surface area (Å²) in [6.07, 6.45) is 1.30. The van der Waals surface area contributed by atoms with Gasteiger partial charge in [0.05, 0.1) is 127 Å². The first-order valence-corrected chi connectivity index (χ1v) is 40.9. The largest absolute Gasteiger partial charge is 0.481 e. The van der Waals surface area contributed by atoms with Crippen molar-refractivity contribution in [3.8, 4) is 0 Å². The standard InChI is InChI=1S/C76H120N8O25S2/c1-49(69(89)80-18-24-105-30-28-103-22-16-78-54(6)86)38-64(70(90)81-19-25-106-32-33-108-27-21-83-76(100)109-34-36-111(101,102)37-35-110-48-67(53(5)85)84-68(88)47-77)45-65(71(91)82-20-26-107-31-29-104-23-17-79-55(7)87)46-66(75(98)99)44-63(41-52(4)74(96)97)61-15-11-57-8-12-58-42-60(14-10-56(58)9-13-59(57)43-61)62(39-50(2)72(92)93)40-51(3)73(94)95/h10-11,14-15,42-43,49-52,62-67H,8-9,12-13,16-41,44-48,77H2,1-7H3,(H,78,86)(H,79,87)(H,80,89)(H,81,90)(H,82,91)(H,83,100)(H,84,88)(H,92,93)(H,94,95)(H,96,97)(H,98,99). The van der Waals surface area contributed by atoms with E-state index in [0.717, 1.165) is 39.6 Å². The highest BCUT2D eigenvalue weighted by Crippen LogP contribution is 2.38. The first kappa shape index (κ1) is 97.3. The Bertz CT molecular complexity index is 3360. The molecule has 9 atom stereocenters. The number of Topliss-reactive ketones (excluding diaryl/α,β-unsaturated/α-hetero) is 1. The third-order valence-electron chi connectivity index (χ3n) is 18.8. The van der Waals surface area contributed by atoms with E-state index in [-0.39, 0.29) is 198 Å². The summed E-state index contributed by atoms with van der Waals surface area (Å²) in [5, 5.41) is 59.8. The molecule has 7 amide bonds.